The predicted molar refractivity (Wildman–Crippen MR) is 141 cm³/mol. The van der Waals surface area contributed by atoms with Crippen LogP contribution in [0, 0.1) is 5.92 Å². The van der Waals surface area contributed by atoms with E-state index in [0.717, 1.165) is 53.6 Å². The zero-order chi connectivity index (χ0) is 22.8. The Morgan fingerprint density at radius 1 is 0.914 bits per heavy atom. The molecule has 1 aromatic carbocycles. The molecule has 186 valence electrons. The van der Waals surface area contributed by atoms with Gasteiger partial charge >= 0.3 is 0 Å². The molecule has 35 heavy (non-hydrogen) atoms. The van der Waals surface area contributed by atoms with Gasteiger partial charge in [-0.2, -0.15) is 10.2 Å². The summed E-state index contributed by atoms with van der Waals surface area (Å²) in [5, 5.41) is 15.6. The number of nitrogens with one attached hydrogen (secondary N) is 4. The SMILES string of the molecule is CC1C(=NNC2=NCCN2)CC2=C(C1=NNC1=NCCN1)C(C=O)c1ccccc1C2C=O.Cl.Cl. The van der Waals surface area contributed by atoms with Gasteiger partial charge in [0.2, 0.25) is 11.9 Å². The van der Waals surface area contributed by atoms with Gasteiger partial charge in [-0.25, -0.2) is 20.8 Å². The second-order valence-electron chi connectivity index (χ2n) is 8.33. The predicted octanol–water partition coefficient (Wildman–Crippen LogP) is 1.25. The topological polar surface area (TPSA) is 132 Å². The fraction of sp³-hybridized carbons (Fsp3) is 0.391. The molecule has 0 spiro atoms. The normalized spacial score (nSPS) is 26.7. The first-order chi connectivity index (χ1) is 16.2. The van der Waals surface area contributed by atoms with Crippen LogP contribution in [0.1, 0.15) is 36.3 Å². The summed E-state index contributed by atoms with van der Waals surface area (Å²) in [7, 11) is 0. The van der Waals surface area contributed by atoms with Crippen LogP contribution in [-0.2, 0) is 9.59 Å². The number of benzene rings is 1. The summed E-state index contributed by atoms with van der Waals surface area (Å²) in [6.07, 6.45) is 2.36. The summed E-state index contributed by atoms with van der Waals surface area (Å²) in [4.78, 5) is 33.3. The number of hydrogen-bond donors (Lipinski definition) is 4. The fourth-order valence-electron chi connectivity index (χ4n) is 4.83. The molecule has 5 rings (SSSR count). The smallest absolute Gasteiger partial charge is 0.212 e. The number of fused-ring (bicyclic) bond motifs is 1. The molecule has 0 saturated carbocycles. The van der Waals surface area contributed by atoms with Gasteiger partial charge in [0, 0.05) is 25.4 Å². The minimum Gasteiger partial charge on any atom is -0.353 e. The van der Waals surface area contributed by atoms with Crippen molar-refractivity contribution in [2.75, 3.05) is 26.2 Å². The largest absolute Gasteiger partial charge is 0.353 e. The number of carbonyl (C=O) groups excluding carboxylic acids is 2. The van der Waals surface area contributed by atoms with Gasteiger partial charge in [-0.15, -0.1) is 24.8 Å². The average Bonchev–Trinajstić information content (AvgIpc) is 3.55. The van der Waals surface area contributed by atoms with Gasteiger partial charge in [-0.05, 0) is 22.3 Å². The lowest BCUT2D eigenvalue weighted by atomic mass is 9.65. The first kappa shape index (κ1) is 26.4. The lowest BCUT2D eigenvalue weighted by molar-refractivity contribution is -0.109. The summed E-state index contributed by atoms with van der Waals surface area (Å²) in [5.41, 5.74) is 10.9. The van der Waals surface area contributed by atoms with E-state index in [1.54, 1.807) is 0 Å². The summed E-state index contributed by atoms with van der Waals surface area (Å²) in [6, 6.07) is 7.63. The molecule has 3 unspecified atom stereocenters. The van der Waals surface area contributed by atoms with Crippen LogP contribution >= 0.6 is 24.8 Å². The molecule has 2 aliphatic carbocycles. The quantitative estimate of drug-likeness (QED) is 0.350. The Kier molecular flexibility index (Phi) is 8.63. The number of hydrazone groups is 2. The summed E-state index contributed by atoms with van der Waals surface area (Å²) < 4.78 is 0. The molecule has 12 heteroatoms. The molecular weight excluding hydrogens is 491 g/mol. The molecular formula is C23H28Cl2N8O2. The molecule has 4 N–H and O–H groups in total. The van der Waals surface area contributed by atoms with Gasteiger partial charge in [-0.3, -0.25) is 0 Å². The molecule has 3 atom stereocenters. The third kappa shape index (κ3) is 4.94. The van der Waals surface area contributed by atoms with Crippen molar-refractivity contribution < 1.29 is 9.59 Å². The minimum atomic E-state index is -0.496. The highest BCUT2D eigenvalue weighted by molar-refractivity contribution is 6.21. The van der Waals surface area contributed by atoms with E-state index in [1.807, 2.05) is 31.2 Å². The van der Waals surface area contributed by atoms with E-state index in [0.29, 0.717) is 37.1 Å². The molecule has 0 amide bonds. The molecule has 0 radical (unpaired) electrons. The molecule has 10 nitrogen and oxygen atoms in total. The van der Waals surface area contributed by atoms with Gasteiger partial charge in [0.05, 0.1) is 36.3 Å². The zero-order valence-corrected chi connectivity index (χ0v) is 20.8. The first-order valence-corrected chi connectivity index (χ1v) is 11.2. The average molecular weight is 519 g/mol. The Bertz CT molecular complexity index is 1140. The van der Waals surface area contributed by atoms with Crippen molar-refractivity contribution in [3.63, 3.8) is 0 Å². The van der Waals surface area contributed by atoms with Crippen LogP contribution in [-0.4, -0.2) is 62.1 Å². The molecule has 0 saturated heterocycles. The van der Waals surface area contributed by atoms with Crippen LogP contribution in [0.15, 0.2) is 55.6 Å². The standard InChI is InChI=1S/C23H26N8O2.2ClH/c1-13-19(28-30-22-24-6-7-25-22)10-16-17(11-32)14-4-2-3-5-15(14)18(12-33)20(16)21(13)29-31-23-26-8-9-27-23;;/h2-5,11-13,17-18H,6-10H2,1H3,(H2,24,25,30)(H2,26,27,31);2*1H. The van der Waals surface area contributed by atoms with Crippen LogP contribution in [0.4, 0.5) is 0 Å². The Morgan fingerprint density at radius 2 is 1.49 bits per heavy atom. The van der Waals surface area contributed by atoms with E-state index in [-0.39, 0.29) is 30.7 Å². The Morgan fingerprint density at radius 3 is 2.03 bits per heavy atom. The van der Waals surface area contributed by atoms with Crippen molar-refractivity contribution in [1.29, 1.82) is 0 Å². The van der Waals surface area contributed by atoms with Crippen molar-refractivity contribution >= 4 is 60.7 Å². The van der Waals surface area contributed by atoms with Crippen molar-refractivity contribution in [3.05, 3.63) is 46.5 Å². The van der Waals surface area contributed by atoms with Crippen LogP contribution in [0.25, 0.3) is 0 Å². The number of allylic oxidation sites excluding steroid dienone is 2. The third-order valence-corrected chi connectivity index (χ3v) is 6.46. The molecule has 2 aliphatic heterocycles. The highest BCUT2D eigenvalue weighted by atomic mass is 35.5. The molecule has 4 aliphatic rings. The fourth-order valence-corrected chi connectivity index (χ4v) is 4.83. The zero-order valence-electron chi connectivity index (χ0n) is 19.2. The van der Waals surface area contributed by atoms with Crippen molar-refractivity contribution in [2.45, 2.75) is 25.2 Å². The summed E-state index contributed by atoms with van der Waals surface area (Å²) >= 11 is 0. The van der Waals surface area contributed by atoms with Gasteiger partial charge in [0.1, 0.15) is 12.6 Å². The van der Waals surface area contributed by atoms with Crippen LogP contribution in [0.2, 0.25) is 0 Å². The van der Waals surface area contributed by atoms with Gasteiger partial charge < -0.3 is 20.2 Å². The molecule has 2 heterocycles. The highest BCUT2D eigenvalue weighted by Crippen LogP contribution is 2.46. The number of carbonyl (C=O) groups is 2. The third-order valence-electron chi connectivity index (χ3n) is 6.46. The molecule has 1 aromatic rings. The number of aliphatic imine (C=N–C) groups is 2. The number of hydrogen-bond acceptors (Lipinski definition) is 10. The van der Waals surface area contributed by atoms with Crippen molar-refractivity contribution in [3.8, 4) is 0 Å². The maximum atomic E-state index is 12.4. The number of guanidine groups is 2. The number of aldehydes is 2. The number of halogens is 2. The molecule has 0 aromatic heterocycles. The van der Waals surface area contributed by atoms with E-state index >= 15 is 0 Å². The first-order valence-electron chi connectivity index (χ1n) is 11.2. The van der Waals surface area contributed by atoms with Crippen LogP contribution in [0.5, 0.6) is 0 Å². The van der Waals surface area contributed by atoms with Gasteiger partial charge in [-0.1, -0.05) is 31.2 Å². The minimum absolute atomic E-state index is 0. The van der Waals surface area contributed by atoms with E-state index < -0.39 is 11.8 Å². The van der Waals surface area contributed by atoms with E-state index in [2.05, 4.69) is 41.7 Å². The maximum Gasteiger partial charge on any atom is 0.212 e. The lowest BCUT2D eigenvalue weighted by Gasteiger charge is -2.38. The van der Waals surface area contributed by atoms with Gasteiger partial charge in [0.25, 0.3) is 0 Å². The lowest BCUT2D eigenvalue weighted by Crippen LogP contribution is -2.40. The Hall–Kier alpha value is -3.24. The number of rotatable bonds is 4. The van der Waals surface area contributed by atoms with Crippen LogP contribution < -0.4 is 21.5 Å². The molecule has 0 fully saturated rings. The van der Waals surface area contributed by atoms with Crippen molar-refractivity contribution in [1.82, 2.24) is 21.5 Å². The van der Waals surface area contributed by atoms with E-state index in [9.17, 15) is 9.59 Å². The summed E-state index contributed by atoms with van der Waals surface area (Å²) in [5.74, 6) is 0.0767. The molecule has 0 bridgehead atoms. The van der Waals surface area contributed by atoms with Gasteiger partial charge in [0.15, 0.2) is 0 Å². The highest BCUT2D eigenvalue weighted by Gasteiger charge is 2.42. The van der Waals surface area contributed by atoms with E-state index in [4.69, 9.17) is 0 Å². The maximum absolute atomic E-state index is 12.4. The monoisotopic (exact) mass is 518 g/mol. The second-order valence-corrected chi connectivity index (χ2v) is 8.33. The summed E-state index contributed by atoms with van der Waals surface area (Å²) in [6.45, 7) is 4.92. The van der Waals surface area contributed by atoms with E-state index in [1.165, 1.54) is 0 Å². The Labute approximate surface area is 215 Å². The Balaban J connectivity index is 0.00000171. The number of nitrogens with zero attached hydrogens (tertiary/aromatic N) is 4. The van der Waals surface area contributed by atoms with Crippen molar-refractivity contribution in [2.24, 2.45) is 26.1 Å². The van der Waals surface area contributed by atoms with Crippen LogP contribution in [0.3, 0.4) is 0 Å². The second kappa shape index (κ2) is 11.5.